The van der Waals surface area contributed by atoms with E-state index in [0.29, 0.717) is 34.0 Å². The van der Waals surface area contributed by atoms with Gasteiger partial charge in [0.1, 0.15) is 6.10 Å². The quantitative estimate of drug-likeness (QED) is 0.520. The van der Waals surface area contributed by atoms with E-state index in [2.05, 4.69) is 5.16 Å². The van der Waals surface area contributed by atoms with E-state index in [9.17, 15) is 9.59 Å². The highest BCUT2D eigenvalue weighted by atomic mass is 35.5. The van der Waals surface area contributed by atoms with Crippen LogP contribution in [0.2, 0.25) is 4.34 Å². The number of halogens is 1. The molecule has 0 aliphatic carbocycles. The summed E-state index contributed by atoms with van der Waals surface area (Å²) >= 11 is 7.19. The number of ketones is 1. The molecular formula is C22H19ClN2O3S. The van der Waals surface area contributed by atoms with E-state index in [1.54, 1.807) is 35.9 Å². The van der Waals surface area contributed by atoms with Gasteiger partial charge >= 0.3 is 0 Å². The molecule has 1 unspecified atom stereocenters. The van der Waals surface area contributed by atoms with Crippen molar-refractivity contribution in [2.24, 2.45) is 5.16 Å². The number of pyridine rings is 1. The van der Waals surface area contributed by atoms with E-state index >= 15 is 0 Å². The summed E-state index contributed by atoms with van der Waals surface area (Å²) in [4.78, 5) is 30.7. The first-order valence-corrected chi connectivity index (χ1v) is 10.5. The Morgan fingerprint density at radius 2 is 2.03 bits per heavy atom. The number of hydrogen-bond donors (Lipinski definition) is 0. The Labute approximate surface area is 177 Å². The van der Waals surface area contributed by atoms with Gasteiger partial charge in [0.05, 0.1) is 14.9 Å². The van der Waals surface area contributed by atoms with E-state index in [0.717, 1.165) is 17.0 Å². The fourth-order valence-corrected chi connectivity index (χ4v) is 4.26. The number of hydrogen-bond acceptors (Lipinski definition) is 5. The fourth-order valence-electron chi connectivity index (χ4n) is 3.25. The number of aryl methyl sites for hydroxylation is 1. The predicted octanol–water partition coefficient (Wildman–Crippen LogP) is 5.02. The summed E-state index contributed by atoms with van der Waals surface area (Å²) in [6.07, 6.45) is 3.32. The molecule has 0 fully saturated rings. The Morgan fingerprint density at radius 3 is 2.76 bits per heavy atom. The van der Waals surface area contributed by atoms with Crippen LogP contribution in [0.4, 0.5) is 0 Å². The molecule has 0 spiro atoms. The van der Waals surface area contributed by atoms with Crippen LogP contribution in [0.1, 0.15) is 40.1 Å². The highest BCUT2D eigenvalue weighted by molar-refractivity contribution is 7.18. The zero-order valence-corrected chi connectivity index (χ0v) is 17.4. The zero-order chi connectivity index (χ0) is 20.4. The van der Waals surface area contributed by atoms with E-state index < -0.39 is 0 Å². The van der Waals surface area contributed by atoms with Crippen LogP contribution < -0.4 is 5.56 Å². The molecule has 4 rings (SSSR count). The van der Waals surface area contributed by atoms with Crippen molar-refractivity contribution in [2.45, 2.75) is 32.3 Å². The van der Waals surface area contributed by atoms with Gasteiger partial charge in [0.25, 0.3) is 5.56 Å². The van der Waals surface area contributed by atoms with Gasteiger partial charge in [-0.2, -0.15) is 0 Å². The molecule has 29 heavy (non-hydrogen) atoms. The Kier molecular flexibility index (Phi) is 5.65. The topological polar surface area (TPSA) is 60.7 Å². The number of nitrogens with zero attached hydrogens (tertiary/aromatic N) is 2. The lowest BCUT2D eigenvalue weighted by Crippen LogP contribution is -2.19. The molecule has 3 aromatic rings. The second-order valence-electron chi connectivity index (χ2n) is 6.95. The standard InChI is InChI=1S/C22H19ClN2O3S/c1-14-3-2-12-25(22(14)27)16-6-4-15(5-7-16)18-13-17(28-24-18)8-9-19(26)20-10-11-21(23)29-20/h2-7,10-12,17H,8-9,13H2,1H3. The van der Waals surface area contributed by atoms with E-state index in [-0.39, 0.29) is 17.4 Å². The molecule has 5 nitrogen and oxygen atoms in total. The predicted molar refractivity (Wildman–Crippen MR) is 116 cm³/mol. The number of benzene rings is 1. The first-order chi connectivity index (χ1) is 14.0. The van der Waals surface area contributed by atoms with E-state index in [1.807, 2.05) is 30.3 Å². The first kappa shape index (κ1) is 19.6. The van der Waals surface area contributed by atoms with Crippen LogP contribution in [0.5, 0.6) is 0 Å². The summed E-state index contributed by atoms with van der Waals surface area (Å²) in [6.45, 7) is 1.80. The molecule has 3 heterocycles. The van der Waals surface area contributed by atoms with Gasteiger partial charge in [-0.05, 0) is 49.2 Å². The van der Waals surface area contributed by atoms with Gasteiger partial charge in [-0.15, -0.1) is 11.3 Å². The van der Waals surface area contributed by atoms with Crippen molar-refractivity contribution >= 4 is 34.4 Å². The summed E-state index contributed by atoms with van der Waals surface area (Å²) in [5.41, 5.74) is 3.28. The third-order valence-corrected chi connectivity index (χ3v) is 6.16. The maximum atomic E-state index is 12.3. The van der Waals surface area contributed by atoms with Crippen LogP contribution in [0.25, 0.3) is 5.69 Å². The van der Waals surface area contributed by atoms with Gasteiger partial charge in [-0.1, -0.05) is 35.0 Å². The summed E-state index contributed by atoms with van der Waals surface area (Å²) in [5.74, 6) is 0.0758. The average molecular weight is 427 g/mol. The number of carbonyl (C=O) groups is 1. The van der Waals surface area contributed by atoms with Gasteiger partial charge in [-0.3, -0.25) is 14.2 Å². The largest absolute Gasteiger partial charge is 0.392 e. The molecule has 0 radical (unpaired) electrons. The molecule has 0 N–H and O–H groups in total. The molecular weight excluding hydrogens is 408 g/mol. The Morgan fingerprint density at radius 1 is 1.24 bits per heavy atom. The molecule has 1 aliphatic heterocycles. The van der Waals surface area contributed by atoms with Crippen LogP contribution in [0, 0.1) is 6.92 Å². The summed E-state index contributed by atoms with van der Waals surface area (Å²) in [7, 11) is 0. The molecule has 1 aliphatic rings. The van der Waals surface area contributed by atoms with Crippen LogP contribution in [0.3, 0.4) is 0 Å². The number of rotatable bonds is 6. The SMILES string of the molecule is Cc1cccn(-c2ccc(C3=NOC(CCC(=O)c4ccc(Cl)s4)C3)cc2)c1=O. The zero-order valence-electron chi connectivity index (χ0n) is 15.8. The number of aromatic nitrogens is 1. The smallest absolute Gasteiger partial charge is 0.257 e. The van der Waals surface area contributed by atoms with Gasteiger partial charge < -0.3 is 4.84 Å². The maximum absolute atomic E-state index is 12.3. The monoisotopic (exact) mass is 426 g/mol. The van der Waals surface area contributed by atoms with Crippen LogP contribution >= 0.6 is 22.9 Å². The molecule has 148 valence electrons. The number of Topliss-reactive ketones (excluding diaryl/α,β-unsaturated/α-hetero) is 1. The van der Waals surface area contributed by atoms with E-state index in [1.165, 1.54) is 11.3 Å². The molecule has 0 amide bonds. The Balaban J connectivity index is 1.37. The van der Waals surface area contributed by atoms with Crippen LogP contribution in [-0.4, -0.2) is 22.2 Å². The van der Waals surface area contributed by atoms with Crippen molar-refractivity contribution in [2.75, 3.05) is 0 Å². The number of oxime groups is 1. The molecule has 0 saturated carbocycles. The molecule has 7 heteroatoms. The second-order valence-corrected chi connectivity index (χ2v) is 8.66. The Hall–Kier alpha value is -2.70. The van der Waals surface area contributed by atoms with Gasteiger partial charge in [0, 0.05) is 30.3 Å². The van der Waals surface area contributed by atoms with E-state index in [4.69, 9.17) is 16.4 Å². The molecule has 1 aromatic carbocycles. The van der Waals surface area contributed by atoms with Gasteiger partial charge in [0.2, 0.25) is 0 Å². The van der Waals surface area contributed by atoms with Crippen molar-refractivity contribution in [1.29, 1.82) is 0 Å². The molecule has 1 atom stereocenters. The van der Waals surface area contributed by atoms with Gasteiger partial charge in [0.15, 0.2) is 5.78 Å². The third kappa shape index (κ3) is 4.33. The third-order valence-electron chi connectivity index (χ3n) is 4.89. The maximum Gasteiger partial charge on any atom is 0.257 e. The van der Waals surface area contributed by atoms with Crippen molar-refractivity contribution < 1.29 is 9.63 Å². The minimum atomic E-state index is -0.108. The highest BCUT2D eigenvalue weighted by Gasteiger charge is 2.23. The summed E-state index contributed by atoms with van der Waals surface area (Å²) in [6, 6.07) is 14.8. The van der Waals surface area contributed by atoms with Crippen molar-refractivity contribution in [3.8, 4) is 5.69 Å². The second kappa shape index (κ2) is 8.35. The van der Waals surface area contributed by atoms with Crippen molar-refractivity contribution in [3.05, 3.63) is 85.4 Å². The van der Waals surface area contributed by atoms with Crippen LogP contribution in [-0.2, 0) is 4.84 Å². The average Bonchev–Trinajstić information content (AvgIpc) is 3.38. The summed E-state index contributed by atoms with van der Waals surface area (Å²) < 4.78 is 2.24. The fraction of sp³-hybridized carbons (Fsp3) is 0.227. The highest BCUT2D eigenvalue weighted by Crippen LogP contribution is 2.25. The number of thiophene rings is 1. The molecule has 2 aromatic heterocycles. The molecule has 0 saturated heterocycles. The molecule has 0 bridgehead atoms. The lowest BCUT2D eigenvalue weighted by Gasteiger charge is -2.08. The summed E-state index contributed by atoms with van der Waals surface area (Å²) in [5, 5.41) is 4.19. The first-order valence-electron chi connectivity index (χ1n) is 9.31. The van der Waals surface area contributed by atoms with Crippen LogP contribution in [0.15, 0.2) is 64.7 Å². The minimum Gasteiger partial charge on any atom is -0.392 e. The normalized spacial score (nSPS) is 15.8. The lowest BCUT2D eigenvalue weighted by molar-refractivity contribution is 0.0720. The minimum absolute atomic E-state index is 0.0291. The van der Waals surface area contributed by atoms with Crippen molar-refractivity contribution in [3.63, 3.8) is 0 Å². The van der Waals surface area contributed by atoms with Gasteiger partial charge in [-0.25, -0.2) is 0 Å². The Bertz CT molecular complexity index is 1130. The van der Waals surface area contributed by atoms with Crippen molar-refractivity contribution in [1.82, 2.24) is 4.57 Å². The lowest BCUT2D eigenvalue weighted by atomic mass is 10.0. The number of carbonyl (C=O) groups excluding carboxylic acids is 1.